The molecule has 0 saturated heterocycles. The highest BCUT2D eigenvalue weighted by Crippen LogP contribution is 2.05. The quantitative estimate of drug-likeness (QED) is 0.492. The Labute approximate surface area is 71.3 Å². The molecule has 12 heavy (non-hydrogen) atoms. The molecule has 1 amide bonds. The van der Waals surface area contributed by atoms with Crippen LogP contribution in [0.2, 0.25) is 0 Å². The van der Waals surface area contributed by atoms with Crippen LogP contribution in [0.4, 0.5) is 5.82 Å². The van der Waals surface area contributed by atoms with E-state index in [0.29, 0.717) is 12.4 Å². The first-order chi connectivity index (χ1) is 5.88. The molecule has 1 rings (SSSR count). The van der Waals surface area contributed by atoms with Crippen LogP contribution in [0.15, 0.2) is 37.1 Å². The van der Waals surface area contributed by atoms with E-state index in [9.17, 15) is 4.79 Å². The number of nitrogens with zero attached hydrogens (tertiary/aromatic N) is 2. The molecule has 1 aromatic heterocycles. The maximum Gasteiger partial charge on any atom is 0.215 e. The van der Waals surface area contributed by atoms with E-state index in [0.717, 1.165) is 6.41 Å². The molecule has 1 aromatic rings. The van der Waals surface area contributed by atoms with Crippen LogP contribution in [0.25, 0.3) is 0 Å². The van der Waals surface area contributed by atoms with E-state index in [2.05, 4.69) is 11.6 Å². The number of rotatable bonds is 4. The van der Waals surface area contributed by atoms with Crippen molar-refractivity contribution in [2.75, 3.05) is 11.4 Å². The number of carbonyl (C=O) groups excluding carboxylic acids is 1. The molecule has 0 bridgehead atoms. The van der Waals surface area contributed by atoms with Crippen LogP contribution in [0.1, 0.15) is 0 Å². The normalized spacial score (nSPS) is 9.00. The minimum absolute atomic E-state index is 0.487. The van der Waals surface area contributed by atoms with Crippen molar-refractivity contribution in [2.45, 2.75) is 0 Å². The van der Waals surface area contributed by atoms with Crippen molar-refractivity contribution in [3.05, 3.63) is 37.1 Å². The molecule has 0 aliphatic heterocycles. The summed E-state index contributed by atoms with van der Waals surface area (Å²) in [6.45, 7) is 4.03. The smallest absolute Gasteiger partial charge is 0.215 e. The predicted molar refractivity (Wildman–Crippen MR) is 47.8 cm³/mol. The van der Waals surface area contributed by atoms with Gasteiger partial charge in [-0.15, -0.1) is 6.58 Å². The zero-order valence-corrected chi connectivity index (χ0v) is 6.68. The highest BCUT2D eigenvalue weighted by atomic mass is 16.1. The second-order valence-corrected chi connectivity index (χ2v) is 2.23. The van der Waals surface area contributed by atoms with Gasteiger partial charge in [0.1, 0.15) is 5.82 Å². The lowest BCUT2D eigenvalue weighted by Crippen LogP contribution is -2.21. The topological polar surface area (TPSA) is 33.2 Å². The molecule has 0 fully saturated rings. The molecule has 0 atom stereocenters. The maximum atomic E-state index is 10.5. The second-order valence-electron chi connectivity index (χ2n) is 2.23. The highest BCUT2D eigenvalue weighted by Gasteiger charge is 2.01. The molecule has 0 saturated carbocycles. The summed E-state index contributed by atoms with van der Waals surface area (Å²) >= 11 is 0. The largest absolute Gasteiger partial charge is 0.296 e. The van der Waals surface area contributed by atoms with Gasteiger partial charge in [-0.25, -0.2) is 4.98 Å². The van der Waals surface area contributed by atoms with Gasteiger partial charge in [-0.05, 0) is 12.1 Å². The summed E-state index contributed by atoms with van der Waals surface area (Å²) in [7, 11) is 0. The molecule has 0 spiro atoms. The van der Waals surface area contributed by atoms with E-state index in [1.54, 1.807) is 24.4 Å². The third kappa shape index (κ3) is 1.92. The number of carbonyl (C=O) groups is 1. The van der Waals surface area contributed by atoms with Crippen molar-refractivity contribution in [1.82, 2.24) is 4.98 Å². The number of amides is 1. The van der Waals surface area contributed by atoms with Crippen molar-refractivity contribution in [3.8, 4) is 0 Å². The Bertz CT molecular complexity index is 258. The summed E-state index contributed by atoms with van der Waals surface area (Å²) in [5.41, 5.74) is 0. The van der Waals surface area contributed by atoms with Gasteiger partial charge in [-0.3, -0.25) is 9.69 Å². The first-order valence-corrected chi connectivity index (χ1v) is 3.62. The molecule has 62 valence electrons. The van der Waals surface area contributed by atoms with Crippen molar-refractivity contribution < 1.29 is 4.79 Å². The fourth-order valence-electron chi connectivity index (χ4n) is 0.853. The summed E-state index contributed by atoms with van der Waals surface area (Å²) in [6.07, 6.45) is 4.04. The molecule has 1 heterocycles. The lowest BCUT2D eigenvalue weighted by atomic mass is 10.4. The molecular formula is C9H10N2O. The van der Waals surface area contributed by atoms with Crippen molar-refractivity contribution in [2.24, 2.45) is 0 Å². The van der Waals surface area contributed by atoms with Crippen LogP contribution in [-0.4, -0.2) is 17.9 Å². The predicted octanol–water partition coefficient (Wildman–Crippen LogP) is 1.23. The zero-order chi connectivity index (χ0) is 8.81. The first-order valence-electron chi connectivity index (χ1n) is 3.62. The standard InChI is InChI=1S/C9H10N2O/c1-2-7-11(8-12)9-5-3-4-6-10-9/h2-6,8H,1,7H2. The van der Waals surface area contributed by atoms with Crippen LogP contribution in [0.5, 0.6) is 0 Å². The Morgan fingerprint density at radius 1 is 1.58 bits per heavy atom. The Balaban J connectivity index is 2.79. The van der Waals surface area contributed by atoms with Gasteiger partial charge in [-0.2, -0.15) is 0 Å². The fourth-order valence-corrected chi connectivity index (χ4v) is 0.853. The minimum atomic E-state index is 0.487. The molecule has 0 aliphatic carbocycles. The molecule has 3 heteroatoms. The van der Waals surface area contributed by atoms with Gasteiger partial charge < -0.3 is 0 Å². The molecule has 0 radical (unpaired) electrons. The summed E-state index contributed by atoms with van der Waals surface area (Å²) < 4.78 is 0. The van der Waals surface area contributed by atoms with E-state index in [4.69, 9.17) is 0 Å². The van der Waals surface area contributed by atoms with E-state index < -0.39 is 0 Å². The van der Waals surface area contributed by atoms with Crippen LogP contribution in [-0.2, 0) is 4.79 Å². The summed E-state index contributed by atoms with van der Waals surface area (Å²) in [5, 5.41) is 0. The summed E-state index contributed by atoms with van der Waals surface area (Å²) in [4.78, 5) is 16.0. The number of pyridine rings is 1. The van der Waals surface area contributed by atoms with E-state index in [-0.39, 0.29) is 0 Å². The Morgan fingerprint density at radius 3 is 2.92 bits per heavy atom. The molecule has 0 aliphatic rings. The van der Waals surface area contributed by atoms with Gasteiger partial charge >= 0.3 is 0 Å². The lowest BCUT2D eigenvalue weighted by molar-refractivity contribution is -0.107. The van der Waals surface area contributed by atoms with Gasteiger partial charge in [-0.1, -0.05) is 12.1 Å². The highest BCUT2D eigenvalue weighted by molar-refractivity contribution is 5.72. The van der Waals surface area contributed by atoms with Crippen LogP contribution in [0.3, 0.4) is 0 Å². The lowest BCUT2D eigenvalue weighted by Gasteiger charge is -2.12. The molecule has 0 N–H and O–H groups in total. The van der Waals surface area contributed by atoms with Gasteiger partial charge in [0.25, 0.3) is 0 Å². The second kappa shape index (κ2) is 4.28. The van der Waals surface area contributed by atoms with Gasteiger partial charge in [0, 0.05) is 12.7 Å². The summed E-state index contributed by atoms with van der Waals surface area (Å²) in [5.74, 6) is 0.646. The molecular weight excluding hydrogens is 152 g/mol. The molecule has 3 nitrogen and oxygen atoms in total. The zero-order valence-electron chi connectivity index (χ0n) is 6.68. The van der Waals surface area contributed by atoms with Crippen LogP contribution < -0.4 is 4.90 Å². The Hall–Kier alpha value is -1.64. The van der Waals surface area contributed by atoms with Crippen molar-refractivity contribution >= 4 is 12.2 Å². The number of aromatic nitrogens is 1. The Morgan fingerprint density at radius 2 is 2.42 bits per heavy atom. The van der Waals surface area contributed by atoms with Crippen molar-refractivity contribution in [3.63, 3.8) is 0 Å². The Kier molecular flexibility index (Phi) is 3.02. The third-order valence-electron chi connectivity index (χ3n) is 1.40. The van der Waals surface area contributed by atoms with E-state index in [1.165, 1.54) is 4.90 Å². The number of anilines is 1. The first kappa shape index (κ1) is 8.46. The fraction of sp³-hybridized carbons (Fsp3) is 0.111. The number of hydrogen-bond donors (Lipinski definition) is 0. The average Bonchev–Trinajstić information content (AvgIpc) is 2.15. The number of hydrogen-bond acceptors (Lipinski definition) is 2. The van der Waals surface area contributed by atoms with Gasteiger partial charge in [0.2, 0.25) is 6.41 Å². The van der Waals surface area contributed by atoms with Crippen molar-refractivity contribution in [1.29, 1.82) is 0 Å². The maximum absolute atomic E-state index is 10.5. The molecule has 0 aromatic carbocycles. The van der Waals surface area contributed by atoms with Crippen LogP contribution >= 0.6 is 0 Å². The molecule has 0 unspecified atom stereocenters. The monoisotopic (exact) mass is 162 g/mol. The SMILES string of the molecule is C=CCN(C=O)c1ccccn1. The van der Waals surface area contributed by atoms with Gasteiger partial charge in [0.15, 0.2) is 0 Å². The van der Waals surface area contributed by atoms with E-state index >= 15 is 0 Å². The van der Waals surface area contributed by atoms with Gasteiger partial charge in [0.05, 0.1) is 0 Å². The average molecular weight is 162 g/mol. The summed E-state index contributed by atoms with van der Waals surface area (Å²) in [6, 6.07) is 5.42. The minimum Gasteiger partial charge on any atom is -0.296 e. The third-order valence-corrected chi connectivity index (χ3v) is 1.40. The van der Waals surface area contributed by atoms with E-state index in [1.807, 2.05) is 6.07 Å². The van der Waals surface area contributed by atoms with Crippen LogP contribution in [0, 0.1) is 0 Å².